The van der Waals surface area contributed by atoms with Gasteiger partial charge in [-0.25, -0.2) is 8.78 Å². The van der Waals surface area contributed by atoms with E-state index in [2.05, 4.69) is 4.37 Å². The zero-order valence-electron chi connectivity index (χ0n) is 10.9. The Morgan fingerprint density at radius 3 is 2.62 bits per heavy atom. The normalized spacial score (nSPS) is 16.6. The highest BCUT2D eigenvalue weighted by Gasteiger charge is 2.46. The molecule has 1 amide bonds. The van der Waals surface area contributed by atoms with Gasteiger partial charge in [-0.1, -0.05) is 23.7 Å². The maximum absolute atomic E-state index is 12.7. The summed E-state index contributed by atoms with van der Waals surface area (Å²) >= 11 is 7.04. The lowest BCUT2D eigenvalue weighted by Crippen LogP contribution is -2.58. The molecule has 2 aromatic rings. The second-order valence-corrected chi connectivity index (χ2v) is 6.29. The Bertz CT molecular complexity index is 664. The number of likely N-dealkylation sites (tertiary alicyclic amines) is 1. The van der Waals surface area contributed by atoms with Gasteiger partial charge in [0.05, 0.1) is 25.2 Å². The number of aromatic nitrogens is 1. The SMILES string of the molecule is O=C(Cc1cc(-c2ccc(Cl)cc2)ns1)N1CC(F)(F)C1. The van der Waals surface area contributed by atoms with Gasteiger partial charge >= 0.3 is 0 Å². The van der Waals surface area contributed by atoms with E-state index in [-0.39, 0.29) is 12.3 Å². The number of carbonyl (C=O) groups is 1. The maximum atomic E-state index is 12.7. The third-order valence-corrected chi connectivity index (χ3v) is 4.26. The molecule has 3 rings (SSSR count). The average molecular weight is 329 g/mol. The average Bonchev–Trinajstić information content (AvgIpc) is 2.85. The molecule has 0 radical (unpaired) electrons. The highest BCUT2D eigenvalue weighted by molar-refractivity contribution is 7.06. The molecule has 110 valence electrons. The van der Waals surface area contributed by atoms with Gasteiger partial charge in [0.1, 0.15) is 0 Å². The van der Waals surface area contributed by atoms with Crippen molar-refractivity contribution in [1.29, 1.82) is 0 Å². The Balaban J connectivity index is 1.65. The molecule has 1 aliphatic rings. The Hall–Kier alpha value is -1.53. The minimum atomic E-state index is -2.72. The first-order valence-corrected chi connectivity index (χ1v) is 7.45. The lowest BCUT2D eigenvalue weighted by molar-refractivity contribution is -0.165. The van der Waals surface area contributed by atoms with Crippen molar-refractivity contribution >= 4 is 29.0 Å². The largest absolute Gasteiger partial charge is 0.330 e. The molecule has 2 heterocycles. The molecule has 0 bridgehead atoms. The lowest BCUT2D eigenvalue weighted by atomic mass is 10.1. The van der Waals surface area contributed by atoms with Crippen molar-refractivity contribution < 1.29 is 13.6 Å². The highest BCUT2D eigenvalue weighted by atomic mass is 35.5. The van der Waals surface area contributed by atoms with Crippen LogP contribution in [0.25, 0.3) is 11.3 Å². The van der Waals surface area contributed by atoms with Crippen LogP contribution < -0.4 is 0 Å². The third kappa shape index (κ3) is 3.22. The molecule has 0 N–H and O–H groups in total. The minimum absolute atomic E-state index is 0.112. The van der Waals surface area contributed by atoms with Crippen molar-refractivity contribution in [3.05, 3.63) is 40.2 Å². The van der Waals surface area contributed by atoms with E-state index >= 15 is 0 Å². The summed E-state index contributed by atoms with van der Waals surface area (Å²) in [7, 11) is 0. The van der Waals surface area contributed by atoms with Gasteiger partial charge in [-0.2, -0.15) is 4.37 Å². The lowest BCUT2D eigenvalue weighted by Gasteiger charge is -2.38. The van der Waals surface area contributed by atoms with E-state index < -0.39 is 19.0 Å². The van der Waals surface area contributed by atoms with E-state index in [1.165, 1.54) is 16.4 Å². The van der Waals surface area contributed by atoms with Crippen LogP contribution in [0.2, 0.25) is 5.02 Å². The van der Waals surface area contributed by atoms with Crippen molar-refractivity contribution in [2.75, 3.05) is 13.1 Å². The summed E-state index contributed by atoms with van der Waals surface area (Å²) in [5, 5.41) is 0.642. The van der Waals surface area contributed by atoms with E-state index in [4.69, 9.17) is 11.6 Å². The number of hydrogen-bond acceptors (Lipinski definition) is 3. The molecule has 3 nitrogen and oxygen atoms in total. The van der Waals surface area contributed by atoms with Crippen LogP contribution in [-0.2, 0) is 11.2 Å². The zero-order valence-corrected chi connectivity index (χ0v) is 12.4. The Morgan fingerprint density at radius 2 is 2.00 bits per heavy atom. The molecule has 1 saturated heterocycles. The summed E-state index contributed by atoms with van der Waals surface area (Å²) in [6.07, 6.45) is 0.112. The Morgan fingerprint density at radius 1 is 1.33 bits per heavy atom. The first kappa shape index (κ1) is 14.4. The molecule has 0 spiro atoms. The van der Waals surface area contributed by atoms with E-state index in [1.54, 1.807) is 12.1 Å². The van der Waals surface area contributed by atoms with Gasteiger partial charge in [-0.05, 0) is 29.7 Å². The molecular formula is C14H11ClF2N2OS. The smallest absolute Gasteiger partial charge is 0.282 e. The number of amides is 1. The topological polar surface area (TPSA) is 33.2 Å². The Kier molecular flexibility index (Phi) is 3.67. The van der Waals surface area contributed by atoms with Gasteiger partial charge in [0.2, 0.25) is 5.91 Å². The summed E-state index contributed by atoms with van der Waals surface area (Å²) in [5.74, 6) is -3.01. The number of halogens is 3. The van der Waals surface area contributed by atoms with E-state index in [0.717, 1.165) is 16.1 Å². The van der Waals surface area contributed by atoms with Crippen molar-refractivity contribution in [2.24, 2.45) is 0 Å². The summed E-state index contributed by atoms with van der Waals surface area (Å²) in [4.78, 5) is 13.8. The summed E-state index contributed by atoms with van der Waals surface area (Å²) in [6, 6.07) is 9.04. The van der Waals surface area contributed by atoms with Crippen LogP contribution in [0.4, 0.5) is 8.78 Å². The minimum Gasteiger partial charge on any atom is -0.330 e. The molecule has 0 atom stereocenters. The van der Waals surface area contributed by atoms with Crippen molar-refractivity contribution in [1.82, 2.24) is 9.27 Å². The molecule has 1 aliphatic heterocycles. The van der Waals surface area contributed by atoms with Gasteiger partial charge in [0.15, 0.2) is 0 Å². The zero-order chi connectivity index (χ0) is 15.0. The van der Waals surface area contributed by atoms with Gasteiger partial charge in [0, 0.05) is 15.5 Å². The van der Waals surface area contributed by atoms with Crippen LogP contribution >= 0.6 is 23.1 Å². The van der Waals surface area contributed by atoms with E-state index in [9.17, 15) is 13.6 Å². The summed E-state index contributed by atoms with van der Waals surface area (Å²) in [5.41, 5.74) is 1.67. The number of carbonyl (C=O) groups excluding carboxylic acids is 1. The molecule has 21 heavy (non-hydrogen) atoms. The fourth-order valence-corrected chi connectivity index (χ4v) is 2.95. The second-order valence-electron chi connectivity index (χ2n) is 4.97. The predicted octanol–water partition coefficient (Wildman–Crippen LogP) is 3.48. The molecule has 1 fully saturated rings. The summed E-state index contributed by atoms with van der Waals surface area (Å²) < 4.78 is 29.7. The van der Waals surface area contributed by atoms with Crippen molar-refractivity contribution in [2.45, 2.75) is 12.3 Å². The fourth-order valence-electron chi connectivity index (χ4n) is 2.10. The van der Waals surface area contributed by atoms with Gasteiger partial charge in [0.25, 0.3) is 5.92 Å². The summed E-state index contributed by atoms with van der Waals surface area (Å²) in [6.45, 7) is -0.955. The van der Waals surface area contributed by atoms with Crippen LogP contribution in [0.15, 0.2) is 30.3 Å². The molecular weight excluding hydrogens is 318 g/mol. The van der Waals surface area contributed by atoms with Crippen LogP contribution in [0.1, 0.15) is 4.88 Å². The van der Waals surface area contributed by atoms with Crippen molar-refractivity contribution in [3.63, 3.8) is 0 Å². The van der Waals surface area contributed by atoms with Crippen LogP contribution in [0, 0.1) is 0 Å². The molecule has 1 aromatic heterocycles. The monoisotopic (exact) mass is 328 g/mol. The maximum Gasteiger partial charge on any atom is 0.282 e. The third-order valence-electron chi connectivity index (χ3n) is 3.22. The fraction of sp³-hybridized carbons (Fsp3) is 0.286. The van der Waals surface area contributed by atoms with Crippen LogP contribution in [0.3, 0.4) is 0 Å². The number of alkyl halides is 2. The molecule has 7 heteroatoms. The van der Waals surface area contributed by atoms with Crippen molar-refractivity contribution in [3.8, 4) is 11.3 Å². The second kappa shape index (κ2) is 5.35. The standard InChI is InChI=1S/C14H11ClF2N2OS/c15-10-3-1-9(2-4-10)12-5-11(21-18-12)6-13(20)19-7-14(16,17)8-19/h1-5H,6-8H2. The molecule has 1 aromatic carbocycles. The number of rotatable bonds is 3. The first-order chi connectivity index (χ1) is 9.93. The van der Waals surface area contributed by atoms with Crippen LogP contribution in [0.5, 0.6) is 0 Å². The predicted molar refractivity (Wildman–Crippen MR) is 77.8 cm³/mol. The molecule has 0 aliphatic carbocycles. The Labute approximate surface area is 129 Å². The first-order valence-electron chi connectivity index (χ1n) is 6.30. The van der Waals surface area contributed by atoms with Gasteiger partial charge in [-0.3, -0.25) is 4.79 Å². The van der Waals surface area contributed by atoms with Gasteiger partial charge in [-0.15, -0.1) is 0 Å². The molecule has 0 saturated carbocycles. The number of nitrogens with zero attached hydrogens (tertiary/aromatic N) is 2. The van der Waals surface area contributed by atoms with E-state index in [1.807, 2.05) is 18.2 Å². The van der Waals surface area contributed by atoms with Gasteiger partial charge < -0.3 is 4.90 Å². The van der Waals surface area contributed by atoms with Crippen LogP contribution in [-0.4, -0.2) is 34.2 Å². The number of benzene rings is 1. The molecule has 0 unspecified atom stereocenters. The highest BCUT2D eigenvalue weighted by Crippen LogP contribution is 2.28. The van der Waals surface area contributed by atoms with E-state index in [0.29, 0.717) is 5.02 Å². The quantitative estimate of drug-likeness (QED) is 0.864. The number of hydrogen-bond donors (Lipinski definition) is 0.